The molecule has 0 aliphatic heterocycles. The quantitative estimate of drug-likeness (QED) is 0.286. The van der Waals surface area contributed by atoms with Gasteiger partial charge in [0.2, 0.25) is 0 Å². The Morgan fingerprint density at radius 3 is 2.76 bits per heavy atom. The molecule has 0 saturated heterocycles. The van der Waals surface area contributed by atoms with Crippen LogP contribution >= 0.6 is 39.9 Å². The predicted octanol–water partition coefficient (Wildman–Crippen LogP) is 3.52. The van der Waals surface area contributed by atoms with Crippen molar-refractivity contribution in [1.29, 1.82) is 0 Å². The molecule has 0 aromatic heterocycles. The third kappa shape index (κ3) is 7.60. The third-order valence-electron chi connectivity index (χ3n) is 2.32. The standard InChI is InChI=1S/C13H16BrF2N3O.HI/c1-3-6-18-13(17-2)19-8-9-7-10(14)4-5-11(9)20-12(15)16;/h3-5,7,12H,1,6,8H2,2H3,(H2,17,18,19);1H. The van der Waals surface area contributed by atoms with Gasteiger partial charge < -0.3 is 15.4 Å². The van der Waals surface area contributed by atoms with E-state index in [1.807, 2.05) is 0 Å². The maximum absolute atomic E-state index is 12.3. The Hall–Kier alpha value is -0.900. The first kappa shape index (κ1) is 20.1. The van der Waals surface area contributed by atoms with Crippen LogP contribution in [0, 0.1) is 0 Å². The Labute approximate surface area is 148 Å². The molecule has 0 aliphatic rings. The third-order valence-corrected chi connectivity index (χ3v) is 2.82. The highest BCUT2D eigenvalue weighted by molar-refractivity contribution is 14.0. The summed E-state index contributed by atoms with van der Waals surface area (Å²) in [5.41, 5.74) is 0.598. The van der Waals surface area contributed by atoms with Crippen LogP contribution in [0.3, 0.4) is 0 Å². The van der Waals surface area contributed by atoms with Gasteiger partial charge in [0.1, 0.15) is 5.75 Å². The number of alkyl halides is 2. The largest absolute Gasteiger partial charge is 0.434 e. The average Bonchev–Trinajstić information content (AvgIpc) is 2.41. The molecule has 0 amide bonds. The van der Waals surface area contributed by atoms with E-state index in [0.29, 0.717) is 24.6 Å². The molecule has 0 aliphatic carbocycles. The van der Waals surface area contributed by atoms with Crippen LogP contribution in [-0.2, 0) is 6.54 Å². The zero-order valence-electron chi connectivity index (χ0n) is 11.4. The van der Waals surface area contributed by atoms with Gasteiger partial charge >= 0.3 is 6.61 Å². The first-order valence-electron chi connectivity index (χ1n) is 5.85. The minimum atomic E-state index is -2.85. The fourth-order valence-electron chi connectivity index (χ4n) is 1.47. The number of hydrogen-bond donors (Lipinski definition) is 2. The first-order valence-corrected chi connectivity index (χ1v) is 6.64. The van der Waals surface area contributed by atoms with E-state index in [-0.39, 0.29) is 29.7 Å². The summed E-state index contributed by atoms with van der Waals surface area (Å²) in [5.74, 6) is 0.683. The summed E-state index contributed by atoms with van der Waals surface area (Å²) >= 11 is 3.30. The smallest absolute Gasteiger partial charge is 0.387 e. The van der Waals surface area contributed by atoms with Crippen LogP contribution < -0.4 is 15.4 Å². The number of nitrogens with zero attached hydrogens (tertiary/aromatic N) is 1. The number of ether oxygens (including phenoxy) is 1. The molecule has 2 N–H and O–H groups in total. The lowest BCUT2D eigenvalue weighted by molar-refractivity contribution is -0.0504. The van der Waals surface area contributed by atoms with Crippen LogP contribution in [0.25, 0.3) is 0 Å². The van der Waals surface area contributed by atoms with E-state index >= 15 is 0 Å². The SMILES string of the molecule is C=CCNC(=NC)NCc1cc(Br)ccc1OC(F)F.I. The van der Waals surface area contributed by atoms with E-state index in [2.05, 4.69) is 42.9 Å². The molecule has 8 heteroatoms. The summed E-state index contributed by atoms with van der Waals surface area (Å²) in [4.78, 5) is 4.00. The molecule has 0 radical (unpaired) electrons. The van der Waals surface area contributed by atoms with Gasteiger partial charge in [0, 0.05) is 30.2 Å². The topological polar surface area (TPSA) is 45.7 Å². The summed E-state index contributed by atoms with van der Waals surface area (Å²) in [6.45, 7) is 1.59. The Kier molecular flexibility index (Phi) is 10.3. The van der Waals surface area contributed by atoms with Crippen molar-refractivity contribution in [2.24, 2.45) is 4.99 Å². The van der Waals surface area contributed by atoms with Crippen molar-refractivity contribution < 1.29 is 13.5 Å². The minimum absolute atomic E-state index is 0. The number of guanidine groups is 1. The van der Waals surface area contributed by atoms with Gasteiger partial charge in [-0.25, -0.2) is 0 Å². The molecule has 0 heterocycles. The monoisotopic (exact) mass is 475 g/mol. The Morgan fingerprint density at radius 1 is 1.48 bits per heavy atom. The molecular weight excluding hydrogens is 459 g/mol. The molecule has 0 fully saturated rings. The number of halogens is 4. The van der Waals surface area contributed by atoms with Gasteiger partial charge in [-0.05, 0) is 18.2 Å². The fraction of sp³-hybridized carbons (Fsp3) is 0.308. The first-order chi connectivity index (χ1) is 9.56. The van der Waals surface area contributed by atoms with Crippen molar-refractivity contribution in [1.82, 2.24) is 10.6 Å². The molecule has 0 spiro atoms. The summed E-state index contributed by atoms with van der Waals surface area (Å²) in [5, 5.41) is 5.99. The zero-order chi connectivity index (χ0) is 15.0. The normalized spacial score (nSPS) is 10.8. The summed E-state index contributed by atoms with van der Waals surface area (Å²) in [6.07, 6.45) is 1.69. The number of rotatable bonds is 6. The number of nitrogens with one attached hydrogen (secondary N) is 2. The van der Waals surface area contributed by atoms with Crippen molar-refractivity contribution in [3.8, 4) is 5.75 Å². The Balaban J connectivity index is 0.00000400. The molecule has 0 unspecified atom stereocenters. The van der Waals surface area contributed by atoms with Gasteiger partial charge in [0.15, 0.2) is 5.96 Å². The lowest BCUT2D eigenvalue weighted by Gasteiger charge is -2.14. The molecular formula is C13H17BrF2IN3O. The predicted molar refractivity (Wildman–Crippen MR) is 94.6 cm³/mol. The number of hydrogen-bond acceptors (Lipinski definition) is 2. The Bertz CT molecular complexity index is 486. The number of benzene rings is 1. The van der Waals surface area contributed by atoms with Crippen LogP contribution in [-0.4, -0.2) is 26.2 Å². The fourth-order valence-corrected chi connectivity index (χ4v) is 1.87. The van der Waals surface area contributed by atoms with E-state index in [9.17, 15) is 8.78 Å². The zero-order valence-corrected chi connectivity index (χ0v) is 15.3. The summed E-state index contributed by atoms with van der Waals surface area (Å²) in [7, 11) is 1.62. The minimum Gasteiger partial charge on any atom is -0.434 e. The lowest BCUT2D eigenvalue weighted by Crippen LogP contribution is -2.36. The van der Waals surface area contributed by atoms with Crippen molar-refractivity contribution in [3.05, 3.63) is 40.9 Å². The van der Waals surface area contributed by atoms with Gasteiger partial charge in [0.25, 0.3) is 0 Å². The van der Waals surface area contributed by atoms with Crippen LogP contribution in [0.1, 0.15) is 5.56 Å². The molecule has 1 rings (SSSR count). The highest BCUT2D eigenvalue weighted by atomic mass is 127. The van der Waals surface area contributed by atoms with E-state index in [1.54, 1.807) is 25.3 Å². The maximum atomic E-state index is 12.3. The highest BCUT2D eigenvalue weighted by Gasteiger charge is 2.10. The molecule has 118 valence electrons. The van der Waals surface area contributed by atoms with Crippen molar-refractivity contribution >= 4 is 45.9 Å². The lowest BCUT2D eigenvalue weighted by atomic mass is 10.2. The van der Waals surface area contributed by atoms with Gasteiger partial charge in [-0.3, -0.25) is 4.99 Å². The van der Waals surface area contributed by atoms with Gasteiger partial charge in [-0.15, -0.1) is 30.6 Å². The van der Waals surface area contributed by atoms with Crippen molar-refractivity contribution in [2.45, 2.75) is 13.2 Å². The second-order valence-corrected chi connectivity index (χ2v) is 4.64. The van der Waals surface area contributed by atoms with E-state index in [0.717, 1.165) is 4.47 Å². The van der Waals surface area contributed by atoms with Gasteiger partial charge in [0.05, 0.1) is 0 Å². The van der Waals surface area contributed by atoms with Crippen molar-refractivity contribution in [3.63, 3.8) is 0 Å². The summed E-state index contributed by atoms with van der Waals surface area (Å²) < 4.78 is 29.9. The molecule has 21 heavy (non-hydrogen) atoms. The second kappa shape index (κ2) is 10.8. The number of aliphatic imine (C=N–C) groups is 1. The maximum Gasteiger partial charge on any atom is 0.387 e. The molecule has 0 atom stereocenters. The van der Waals surface area contributed by atoms with Gasteiger partial charge in [-0.1, -0.05) is 22.0 Å². The van der Waals surface area contributed by atoms with E-state index < -0.39 is 6.61 Å². The molecule has 4 nitrogen and oxygen atoms in total. The highest BCUT2D eigenvalue weighted by Crippen LogP contribution is 2.24. The van der Waals surface area contributed by atoms with Gasteiger partial charge in [-0.2, -0.15) is 8.78 Å². The molecule has 0 bridgehead atoms. The van der Waals surface area contributed by atoms with Crippen LogP contribution in [0.15, 0.2) is 40.3 Å². The van der Waals surface area contributed by atoms with E-state index in [1.165, 1.54) is 6.07 Å². The van der Waals surface area contributed by atoms with Crippen LogP contribution in [0.5, 0.6) is 5.75 Å². The average molecular weight is 476 g/mol. The summed E-state index contributed by atoms with van der Waals surface area (Å²) in [6, 6.07) is 4.85. The molecule has 1 aromatic carbocycles. The molecule has 0 saturated carbocycles. The van der Waals surface area contributed by atoms with Crippen LogP contribution in [0.2, 0.25) is 0 Å². The van der Waals surface area contributed by atoms with E-state index in [4.69, 9.17) is 0 Å². The van der Waals surface area contributed by atoms with Crippen molar-refractivity contribution in [2.75, 3.05) is 13.6 Å². The molecule has 1 aromatic rings. The second-order valence-electron chi connectivity index (χ2n) is 3.73. The van der Waals surface area contributed by atoms with Crippen LogP contribution in [0.4, 0.5) is 8.78 Å². The Morgan fingerprint density at radius 2 is 2.19 bits per heavy atom.